The number of rotatable bonds is 7. The van der Waals surface area contributed by atoms with Gasteiger partial charge in [-0.2, -0.15) is 10.2 Å². The number of aromatic nitrogens is 1. The minimum Gasteiger partial charge on any atom is -0.439 e. The van der Waals surface area contributed by atoms with Crippen LogP contribution in [0.15, 0.2) is 30.3 Å². The average Bonchev–Trinajstić information content (AvgIpc) is 2.99. The van der Waals surface area contributed by atoms with Gasteiger partial charge in [-0.25, -0.2) is 0 Å². The van der Waals surface area contributed by atoms with Crippen molar-refractivity contribution in [2.45, 2.75) is 13.0 Å². The van der Waals surface area contributed by atoms with Crippen LogP contribution in [0, 0.1) is 11.3 Å². The Hall–Kier alpha value is -2.60. The third-order valence-corrected chi connectivity index (χ3v) is 3.81. The van der Waals surface area contributed by atoms with E-state index in [2.05, 4.69) is 16.4 Å². The van der Waals surface area contributed by atoms with Gasteiger partial charge in [-0.1, -0.05) is 6.07 Å². The summed E-state index contributed by atoms with van der Waals surface area (Å²) in [5, 5.41) is 22.0. The number of ether oxygens (including phenoxy) is 2. The Labute approximate surface area is 146 Å². The van der Waals surface area contributed by atoms with Crippen LogP contribution in [0.5, 0.6) is 11.6 Å². The minimum absolute atomic E-state index is 0.348. The van der Waals surface area contributed by atoms with Crippen molar-refractivity contribution in [3.63, 3.8) is 0 Å². The van der Waals surface area contributed by atoms with Gasteiger partial charge < -0.3 is 24.5 Å². The molecule has 0 radical (unpaired) electrons. The fourth-order valence-corrected chi connectivity index (χ4v) is 2.54. The maximum absolute atomic E-state index is 9.65. The number of fused-ring (bicyclic) bond motifs is 1. The molecule has 0 spiro atoms. The lowest BCUT2D eigenvalue weighted by molar-refractivity contribution is 0.197. The maximum Gasteiger partial charge on any atom is 0.491 e. The maximum atomic E-state index is 9.65. The van der Waals surface area contributed by atoms with E-state index in [1.807, 2.05) is 6.07 Å². The number of nitriles is 1. The molecule has 1 aliphatic rings. The molecule has 0 unspecified atom stereocenters. The van der Waals surface area contributed by atoms with Crippen molar-refractivity contribution >= 4 is 18.4 Å². The molecule has 8 heteroatoms. The second-order valence-electron chi connectivity index (χ2n) is 5.56. The van der Waals surface area contributed by atoms with Crippen LogP contribution >= 0.6 is 0 Å². The van der Waals surface area contributed by atoms with Gasteiger partial charge in [-0.05, 0) is 35.6 Å². The summed E-state index contributed by atoms with van der Waals surface area (Å²) in [6, 6.07) is 10.8. The molecule has 0 bridgehead atoms. The molecule has 1 aliphatic heterocycles. The first-order chi connectivity index (χ1) is 12.2. The Bertz CT molecular complexity index is 794. The molecule has 1 aromatic heterocycles. The highest BCUT2D eigenvalue weighted by atomic mass is 16.5. The number of hydrogen-bond donors (Lipinski definition) is 2. The van der Waals surface area contributed by atoms with Crippen LogP contribution in [0.1, 0.15) is 17.5 Å². The summed E-state index contributed by atoms with van der Waals surface area (Å²) in [4.78, 5) is 4.37. The van der Waals surface area contributed by atoms with Gasteiger partial charge in [0.05, 0.1) is 12.2 Å². The molecular formula is C17H18BN3O4. The summed E-state index contributed by atoms with van der Waals surface area (Å²) in [5.41, 5.74) is 2.09. The van der Waals surface area contributed by atoms with E-state index in [-0.39, 0.29) is 0 Å². The van der Waals surface area contributed by atoms with E-state index in [1.165, 1.54) is 0 Å². The summed E-state index contributed by atoms with van der Waals surface area (Å²) in [6.07, 6.45) is 0.807. The SMILES string of the molecule is COCCCNc1nc(Oc2ccc3c(c2)COB3O)ccc1C#N. The van der Waals surface area contributed by atoms with Gasteiger partial charge in [0.25, 0.3) is 0 Å². The summed E-state index contributed by atoms with van der Waals surface area (Å²) < 4.78 is 16.0. The van der Waals surface area contributed by atoms with Crippen LogP contribution in [0.3, 0.4) is 0 Å². The Morgan fingerprint density at radius 3 is 3.08 bits per heavy atom. The quantitative estimate of drug-likeness (QED) is 0.581. The van der Waals surface area contributed by atoms with Crippen molar-refractivity contribution < 1.29 is 19.2 Å². The molecule has 128 valence electrons. The van der Waals surface area contributed by atoms with Crippen LogP contribution in [-0.2, 0) is 16.0 Å². The van der Waals surface area contributed by atoms with Crippen molar-refractivity contribution in [1.29, 1.82) is 5.26 Å². The molecule has 0 aliphatic carbocycles. The summed E-state index contributed by atoms with van der Waals surface area (Å²) >= 11 is 0. The molecule has 0 saturated carbocycles. The smallest absolute Gasteiger partial charge is 0.439 e. The topological polar surface area (TPSA) is 96.6 Å². The highest BCUT2D eigenvalue weighted by molar-refractivity contribution is 6.61. The van der Waals surface area contributed by atoms with Gasteiger partial charge >= 0.3 is 7.12 Å². The fraction of sp³-hybridized carbons (Fsp3) is 0.294. The van der Waals surface area contributed by atoms with E-state index in [1.54, 1.807) is 31.4 Å². The van der Waals surface area contributed by atoms with Gasteiger partial charge in [0.15, 0.2) is 0 Å². The highest BCUT2D eigenvalue weighted by Gasteiger charge is 2.27. The third kappa shape index (κ3) is 4.09. The van der Waals surface area contributed by atoms with E-state index in [0.29, 0.717) is 42.8 Å². The van der Waals surface area contributed by atoms with Gasteiger partial charge in [0, 0.05) is 26.3 Å². The van der Waals surface area contributed by atoms with Crippen molar-refractivity contribution in [3.05, 3.63) is 41.5 Å². The summed E-state index contributed by atoms with van der Waals surface area (Å²) in [6.45, 7) is 1.63. The second-order valence-corrected chi connectivity index (χ2v) is 5.56. The van der Waals surface area contributed by atoms with E-state index in [9.17, 15) is 10.3 Å². The lowest BCUT2D eigenvalue weighted by Crippen LogP contribution is -2.27. The monoisotopic (exact) mass is 339 g/mol. The molecular weight excluding hydrogens is 321 g/mol. The van der Waals surface area contributed by atoms with Gasteiger partial charge in [-0.3, -0.25) is 0 Å². The number of nitrogens with zero attached hydrogens (tertiary/aromatic N) is 2. The molecule has 0 fully saturated rings. The molecule has 25 heavy (non-hydrogen) atoms. The lowest BCUT2D eigenvalue weighted by Gasteiger charge is -2.10. The Kier molecular flexibility index (Phi) is 5.51. The van der Waals surface area contributed by atoms with Crippen LogP contribution in [0.4, 0.5) is 5.82 Å². The molecule has 2 N–H and O–H groups in total. The van der Waals surface area contributed by atoms with Crippen molar-refractivity contribution in [1.82, 2.24) is 4.98 Å². The van der Waals surface area contributed by atoms with E-state index < -0.39 is 7.12 Å². The van der Waals surface area contributed by atoms with Crippen molar-refractivity contribution in [3.8, 4) is 17.7 Å². The zero-order chi connectivity index (χ0) is 17.6. The molecule has 2 aromatic rings. The van der Waals surface area contributed by atoms with Gasteiger partial charge in [0.1, 0.15) is 17.6 Å². The predicted molar refractivity (Wildman–Crippen MR) is 92.8 cm³/mol. The Balaban J connectivity index is 1.73. The number of anilines is 1. The molecule has 0 saturated heterocycles. The fourth-order valence-electron chi connectivity index (χ4n) is 2.54. The largest absolute Gasteiger partial charge is 0.491 e. The highest BCUT2D eigenvalue weighted by Crippen LogP contribution is 2.24. The first kappa shape index (κ1) is 17.2. The molecule has 3 rings (SSSR count). The zero-order valence-electron chi connectivity index (χ0n) is 13.9. The first-order valence-electron chi connectivity index (χ1n) is 7.95. The number of hydrogen-bond acceptors (Lipinski definition) is 7. The molecule has 0 amide bonds. The zero-order valence-corrected chi connectivity index (χ0v) is 13.9. The third-order valence-electron chi connectivity index (χ3n) is 3.81. The number of methoxy groups -OCH3 is 1. The lowest BCUT2D eigenvalue weighted by atomic mass is 9.80. The van der Waals surface area contributed by atoms with Crippen LogP contribution in [0.2, 0.25) is 0 Å². The second kappa shape index (κ2) is 7.99. The molecule has 1 aromatic carbocycles. The number of nitrogens with one attached hydrogen (secondary N) is 1. The van der Waals surface area contributed by atoms with Crippen molar-refractivity contribution in [2.24, 2.45) is 0 Å². The van der Waals surface area contributed by atoms with Gasteiger partial charge in [0.2, 0.25) is 5.88 Å². The first-order valence-corrected chi connectivity index (χ1v) is 7.95. The van der Waals surface area contributed by atoms with E-state index in [0.717, 1.165) is 17.4 Å². The van der Waals surface area contributed by atoms with Crippen LogP contribution in [0.25, 0.3) is 0 Å². The van der Waals surface area contributed by atoms with E-state index in [4.69, 9.17) is 14.1 Å². The Morgan fingerprint density at radius 2 is 2.28 bits per heavy atom. The van der Waals surface area contributed by atoms with E-state index >= 15 is 0 Å². The van der Waals surface area contributed by atoms with Gasteiger partial charge in [-0.15, -0.1) is 0 Å². The summed E-state index contributed by atoms with van der Waals surface area (Å²) in [7, 11) is 0.772. The van der Waals surface area contributed by atoms with Crippen molar-refractivity contribution in [2.75, 3.05) is 25.6 Å². The molecule has 0 atom stereocenters. The van der Waals surface area contributed by atoms with Crippen LogP contribution < -0.4 is 15.5 Å². The van der Waals surface area contributed by atoms with Crippen LogP contribution in [-0.4, -0.2) is 37.4 Å². The number of benzene rings is 1. The normalized spacial score (nSPS) is 12.6. The Morgan fingerprint density at radius 1 is 1.40 bits per heavy atom. The standard InChI is InChI=1S/C17H18BN3O4/c1-23-8-2-7-20-17-12(10-19)3-6-16(21-17)25-14-4-5-15-13(9-14)11-24-18(15)22/h3-6,9,22H,2,7-8,11H2,1H3,(H,20,21). The molecule has 7 nitrogen and oxygen atoms in total. The number of pyridine rings is 1. The average molecular weight is 339 g/mol. The molecule has 2 heterocycles. The summed E-state index contributed by atoms with van der Waals surface area (Å²) in [5.74, 6) is 1.46. The minimum atomic E-state index is -0.875. The predicted octanol–water partition coefficient (Wildman–Crippen LogP) is 1.41.